The highest BCUT2D eigenvalue weighted by molar-refractivity contribution is 6.77. The zero-order valence-electron chi connectivity index (χ0n) is 17.8. The molecule has 0 aromatic carbocycles. The first-order valence-corrected chi connectivity index (χ1v) is 11.8. The summed E-state index contributed by atoms with van der Waals surface area (Å²) >= 11 is 0. The van der Waals surface area contributed by atoms with E-state index in [4.69, 9.17) is 9.16 Å². The molecule has 0 heterocycles. The molecule has 0 radical (unpaired) electrons. The minimum absolute atomic E-state index is 0.0397. The third kappa shape index (κ3) is 6.79. The van der Waals surface area contributed by atoms with Crippen LogP contribution in [0.5, 0.6) is 0 Å². The van der Waals surface area contributed by atoms with Crippen molar-refractivity contribution in [1.82, 2.24) is 0 Å². The van der Waals surface area contributed by atoms with Crippen molar-refractivity contribution in [2.24, 2.45) is 11.8 Å². The second-order valence-corrected chi connectivity index (χ2v) is 13.7. The maximum atomic E-state index is 10.6. The van der Waals surface area contributed by atoms with Gasteiger partial charge >= 0.3 is 0 Å². The Morgan fingerprint density at radius 2 is 1.36 bits per heavy atom. The lowest BCUT2D eigenvalue weighted by molar-refractivity contribution is -0.0190. The molecular formula is C20H42O4Si. The fourth-order valence-electron chi connectivity index (χ4n) is 4.07. The molecule has 0 aromatic rings. The van der Waals surface area contributed by atoms with Crippen LogP contribution in [0.2, 0.25) is 16.6 Å². The van der Waals surface area contributed by atoms with Crippen molar-refractivity contribution in [2.45, 2.75) is 84.2 Å². The lowest BCUT2D eigenvalue weighted by Gasteiger charge is -2.43. The van der Waals surface area contributed by atoms with Gasteiger partial charge in [-0.1, -0.05) is 67.5 Å². The first kappa shape index (κ1) is 24.8. The van der Waals surface area contributed by atoms with Crippen molar-refractivity contribution in [1.29, 1.82) is 0 Å². The molecule has 0 amide bonds. The Bertz CT molecular complexity index is 360. The second-order valence-electron chi connectivity index (χ2n) is 8.29. The summed E-state index contributed by atoms with van der Waals surface area (Å²) in [5.74, 6) is -0.289. The van der Waals surface area contributed by atoms with Crippen LogP contribution in [0.4, 0.5) is 0 Å². The SMILES string of the molecule is COC/C=C\[C@@H](C)[C@@H](O)[C@@H](C)[C@@H](O)CO[Si](C(C)C)(C(C)C)C(C)C. The number of ether oxygens (including phenoxy) is 1. The highest BCUT2D eigenvalue weighted by atomic mass is 28.4. The van der Waals surface area contributed by atoms with Crippen LogP contribution < -0.4 is 0 Å². The summed E-state index contributed by atoms with van der Waals surface area (Å²) in [4.78, 5) is 0. The van der Waals surface area contributed by atoms with Gasteiger partial charge in [0.2, 0.25) is 0 Å². The van der Waals surface area contributed by atoms with Crippen LogP contribution in [-0.2, 0) is 9.16 Å². The third-order valence-corrected chi connectivity index (χ3v) is 11.7. The maximum Gasteiger partial charge on any atom is 0.200 e. The van der Waals surface area contributed by atoms with Gasteiger partial charge in [-0.2, -0.15) is 0 Å². The molecule has 2 N–H and O–H groups in total. The van der Waals surface area contributed by atoms with E-state index < -0.39 is 20.5 Å². The van der Waals surface area contributed by atoms with Gasteiger partial charge < -0.3 is 19.4 Å². The standard InChI is InChI=1S/C20H42O4Si/c1-14(2)25(15(3)4,16(5)6)24-13-19(21)18(8)20(22)17(7)11-10-12-23-9/h10-11,14-22H,12-13H2,1-9H3/b11-10-/t17-,18+,19+,20-/m1/s1. The molecule has 0 rings (SSSR count). The van der Waals surface area contributed by atoms with Crippen molar-refractivity contribution in [2.75, 3.05) is 20.3 Å². The van der Waals surface area contributed by atoms with Crippen LogP contribution in [0, 0.1) is 11.8 Å². The summed E-state index contributed by atoms with van der Waals surface area (Å²) in [5.41, 5.74) is 1.45. The Morgan fingerprint density at radius 1 is 0.880 bits per heavy atom. The highest BCUT2D eigenvalue weighted by Crippen LogP contribution is 2.42. The van der Waals surface area contributed by atoms with Gasteiger partial charge in [-0.3, -0.25) is 0 Å². The number of methoxy groups -OCH3 is 1. The Hall–Kier alpha value is -0.203. The molecule has 0 saturated heterocycles. The van der Waals surface area contributed by atoms with Crippen LogP contribution in [0.3, 0.4) is 0 Å². The van der Waals surface area contributed by atoms with Gasteiger partial charge in [0.1, 0.15) is 0 Å². The minimum Gasteiger partial charge on any atom is -0.413 e. The minimum atomic E-state index is -2.00. The summed E-state index contributed by atoms with van der Waals surface area (Å²) in [6.45, 7) is 18.1. The van der Waals surface area contributed by atoms with Gasteiger partial charge in [0.05, 0.1) is 25.4 Å². The molecule has 0 aliphatic carbocycles. The van der Waals surface area contributed by atoms with E-state index in [9.17, 15) is 10.2 Å². The van der Waals surface area contributed by atoms with Gasteiger partial charge in [-0.15, -0.1) is 0 Å². The van der Waals surface area contributed by atoms with Crippen LogP contribution in [0.15, 0.2) is 12.2 Å². The van der Waals surface area contributed by atoms with E-state index in [1.54, 1.807) is 7.11 Å². The number of rotatable bonds is 12. The van der Waals surface area contributed by atoms with E-state index in [0.717, 1.165) is 0 Å². The molecule has 4 nitrogen and oxygen atoms in total. The molecule has 0 spiro atoms. The Balaban J connectivity index is 4.92. The molecule has 0 aromatic heterocycles. The van der Waals surface area contributed by atoms with Crippen LogP contribution in [0.25, 0.3) is 0 Å². The zero-order chi connectivity index (χ0) is 19.8. The normalized spacial score (nSPS) is 18.3. The summed E-state index contributed by atoms with van der Waals surface area (Å²) in [6, 6.07) is 0. The van der Waals surface area contributed by atoms with Crippen molar-refractivity contribution in [3.63, 3.8) is 0 Å². The van der Waals surface area contributed by atoms with Gasteiger partial charge in [0, 0.05) is 18.9 Å². The molecule has 0 unspecified atom stereocenters. The Morgan fingerprint density at radius 3 is 1.76 bits per heavy atom. The van der Waals surface area contributed by atoms with Gasteiger partial charge in [-0.05, 0) is 16.6 Å². The predicted molar refractivity (Wildman–Crippen MR) is 108 cm³/mol. The van der Waals surface area contributed by atoms with E-state index >= 15 is 0 Å². The molecular weight excluding hydrogens is 332 g/mol. The quantitative estimate of drug-likeness (QED) is 0.393. The molecule has 150 valence electrons. The summed E-state index contributed by atoms with van der Waals surface area (Å²) in [6.07, 6.45) is 2.56. The molecule has 25 heavy (non-hydrogen) atoms. The first-order valence-electron chi connectivity index (χ1n) is 9.67. The van der Waals surface area contributed by atoms with Gasteiger partial charge in [0.25, 0.3) is 0 Å². The number of hydrogen-bond donors (Lipinski definition) is 2. The fraction of sp³-hybridized carbons (Fsp3) is 0.900. The first-order chi connectivity index (χ1) is 11.5. The Labute approximate surface area is 156 Å². The summed E-state index contributed by atoms with van der Waals surface area (Å²) in [7, 11) is -0.354. The van der Waals surface area contributed by atoms with E-state index in [1.165, 1.54) is 0 Å². The van der Waals surface area contributed by atoms with Crippen LogP contribution in [0.1, 0.15) is 55.4 Å². The average molecular weight is 375 g/mol. The zero-order valence-corrected chi connectivity index (χ0v) is 18.8. The molecule has 0 saturated carbocycles. The van der Waals surface area contributed by atoms with Crippen molar-refractivity contribution in [3.8, 4) is 0 Å². The van der Waals surface area contributed by atoms with E-state index in [1.807, 2.05) is 26.0 Å². The monoisotopic (exact) mass is 374 g/mol. The van der Waals surface area contributed by atoms with Gasteiger partial charge in [0.15, 0.2) is 8.32 Å². The van der Waals surface area contributed by atoms with E-state index in [-0.39, 0.29) is 11.8 Å². The Kier molecular flexibility index (Phi) is 11.4. The number of aliphatic hydroxyl groups is 2. The molecule has 5 heteroatoms. The lowest BCUT2D eigenvalue weighted by atomic mass is 9.89. The average Bonchev–Trinajstić information content (AvgIpc) is 2.52. The summed E-state index contributed by atoms with van der Waals surface area (Å²) < 4.78 is 11.5. The fourth-order valence-corrected chi connectivity index (χ4v) is 9.53. The van der Waals surface area contributed by atoms with Crippen molar-refractivity contribution < 1.29 is 19.4 Å². The topological polar surface area (TPSA) is 58.9 Å². The predicted octanol–water partition coefficient (Wildman–Crippen LogP) is 4.38. The largest absolute Gasteiger partial charge is 0.413 e. The number of aliphatic hydroxyl groups excluding tert-OH is 2. The smallest absolute Gasteiger partial charge is 0.200 e. The van der Waals surface area contributed by atoms with E-state index in [0.29, 0.717) is 29.8 Å². The van der Waals surface area contributed by atoms with Crippen LogP contribution >= 0.6 is 0 Å². The molecule has 0 fully saturated rings. The number of hydrogen-bond acceptors (Lipinski definition) is 4. The van der Waals surface area contributed by atoms with Crippen molar-refractivity contribution >= 4 is 8.32 Å². The molecule has 4 atom stereocenters. The second kappa shape index (κ2) is 11.5. The molecule has 0 aliphatic rings. The van der Waals surface area contributed by atoms with Crippen LogP contribution in [-0.4, -0.2) is 51.1 Å². The highest BCUT2D eigenvalue weighted by Gasteiger charge is 2.45. The summed E-state index contributed by atoms with van der Waals surface area (Å²) in [5, 5.41) is 21.1. The molecule has 0 aliphatic heterocycles. The van der Waals surface area contributed by atoms with E-state index in [2.05, 4.69) is 41.5 Å². The third-order valence-electron chi connectivity index (χ3n) is 5.60. The van der Waals surface area contributed by atoms with Crippen molar-refractivity contribution in [3.05, 3.63) is 12.2 Å². The molecule has 0 bridgehead atoms. The van der Waals surface area contributed by atoms with Gasteiger partial charge in [-0.25, -0.2) is 0 Å². The maximum absolute atomic E-state index is 10.6. The lowest BCUT2D eigenvalue weighted by Crippen LogP contribution is -2.50.